The molecule has 2 fully saturated rings. The number of carbonyl (C=O) groups excluding carboxylic acids is 2. The van der Waals surface area contributed by atoms with Gasteiger partial charge in [0, 0.05) is 31.7 Å². The Morgan fingerprint density at radius 2 is 1.76 bits per heavy atom. The number of nitrogens with zero attached hydrogens (tertiary/aromatic N) is 2. The molecular weight excluding hydrogens is 472 g/mol. The molecule has 2 aromatic carbocycles. The summed E-state index contributed by atoms with van der Waals surface area (Å²) in [6.07, 6.45) is 2.00. The van der Waals surface area contributed by atoms with E-state index in [-0.39, 0.29) is 11.3 Å². The van der Waals surface area contributed by atoms with Crippen molar-refractivity contribution < 1.29 is 28.9 Å². The second-order valence-corrected chi connectivity index (χ2v) is 9.18. The number of aliphatic hydroxyl groups is 1. The van der Waals surface area contributed by atoms with Gasteiger partial charge in [0.2, 0.25) is 0 Å². The van der Waals surface area contributed by atoms with Gasteiger partial charge in [-0.25, -0.2) is 0 Å². The van der Waals surface area contributed by atoms with Crippen molar-refractivity contribution in [3.63, 3.8) is 0 Å². The topological polar surface area (TPSA) is 88.5 Å². The molecule has 0 spiro atoms. The number of ketones is 1. The van der Waals surface area contributed by atoms with Gasteiger partial charge in [-0.1, -0.05) is 37.6 Å². The number of rotatable bonds is 11. The summed E-state index contributed by atoms with van der Waals surface area (Å²) in [5.41, 5.74) is 1.26. The molecule has 0 saturated carbocycles. The molecule has 8 heteroatoms. The number of unbranched alkanes of at least 4 members (excludes halogenated alkanes) is 1. The Balaban J connectivity index is 1.68. The van der Waals surface area contributed by atoms with E-state index < -0.39 is 17.7 Å². The Morgan fingerprint density at radius 1 is 1.00 bits per heavy atom. The Morgan fingerprint density at radius 3 is 2.46 bits per heavy atom. The molecule has 1 N–H and O–H groups in total. The summed E-state index contributed by atoms with van der Waals surface area (Å²) in [5, 5.41) is 11.3. The molecule has 1 unspecified atom stereocenters. The summed E-state index contributed by atoms with van der Waals surface area (Å²) in [4.78, 5) is 30.4. The highest BCUT2D eigenvalue weighted by molar-refractivity contribution is 6.46. The number of hydrogen-bond acceptors (Lipinski definition) is 7. The predicted octanol–water partition coefficient (Wildman–Crippen LogP) is 4.02. The number of amides is 1. The van der Waals surface area contributed by atoms with Gasteiger partial charge in [0.15, 0.2) is 0 Å². The highest BCUT2D eigenvalue weighted by atomic mass is 16.5. The Hall–Kier alpha value is -3.36. The highest BCUT2D eigenvalue weighted by Gasteiger charge is 2.46. The zero-order valence-corrected chi connectivity index (χ0v) is 21.7. The van der Waals surface area contributed by atoms with Gasteiger partial charge < -0.3 is 24.2 Å². The van der Waals surface area contributed by atoms with E-state index in [0.717, 1.165) is 37.2 Å². The molecule has 0 aliphatic carbocycles. The van der Waals surface area contributed by atoms with Crippen LogP contribution in [-0.2, 0) is 14.3 Å². The molecule has 8 nitrogen and oxygen atoms in total. The molecule has 2 aliphatic heterocycles. The summed E-state index contributed by atoms with van der Waals surface area (Å²) in [5.74, 6) is -0.189. The van der Waals surface area contributed by atoms with Gasteiger partial charge in [0.1, 0.15) is 17.3 Å². The lowest BCUT2D eigenvalue weighted by atomic mass is 9.95. The zero-order valence-electron chi connectivity index (χ0n) is 21.7. The summed E-state index contributed by atoms with van der Waals surface area (Å²) in [6.45, 7) is 8.93. The first-order chi connectivity index (χ1) is 18.0. The average Bonchev–Trinajstić information content (AvgIpc) is 3.18. The maximum Gasteiger partial charge on any atom is 0.295 e. The second-order valence-electron chi connectivity index (χ2n) is 9.18. The smallest absolute Gasteiger partial charge is 0.295 e. The Labute approximate surface area is 218 Å². The number of benzene rings is 2. The third kappa shape index (κ3) is 6.32. The van der Waals surface area contributed by atoms with E-state index in [0.29, 0.717) is 50.8 Å². The number of likely N-dealkylation sites (tertiary alicyclic amines) is 1. The standard InChI is InChI=1S/C29H36N2O6/c1-3-5-17-37-23-11-9-21(10-12-23)26-25(27(32)22-7-6-8-24(20-22)36-4-2)28(33)29(34)31(26)14-13-30-15-18-35-19-16-30/h6-12,20,26,32H,3-5,13-19H2,1-2H3. The van der Waals surface area contributed by atoms with E-state index in [1.165, 1.54) is 0 Å². The van der Waals surface area contributed by atoms with Crippen LogP contribution in [0.5, 0.6) is 11.5 Å². The number of hydrogen-bond donors (Lipinski definition) is 1. The minimum absolute atomic E-state index is 0.0836. The van der Waals surface area contributed by atoms with Crippen LogP contribution in [0.4, 0.5) is 0 Å². The van der Waals surface area contributed by atoms with E-state index in [9.17, 15) is 14.7 Å². The SMILES string of the molecule is CCCCOc1ccc(C2C(=C(O)c3cccc(OCC)c3)C(=O)C(=O)N2CCN2CCOCC2)cc1. The predicted molar refractivity (Wildman–Crippen MR) is 141 cm³/mol. The van der Waals surface area contributed by atoms with Crippen molar-refractivity contribution in [2.24, 2.45) is 0 Å². The molecule has 0 bridgehead atoms. The third-order valence-electron chi connectivity index (χ3n) is 6.68. The van der Waals surface area contributed by atoms with Crippen molar-refractivity contribution in [1.29, 1.82) is 0 Å². The summed E-state index contributed by atoms with van der Waals surface area (Å²) < 4.78 is 16.8. The zero-order chi connectivity index (χ0) is 26.2. The van der Waals surface area contributed by atoms with Gasteiger partial charge in [-0.05, 0) is 43.2 Å². The monoisotopic (exact) mass is 508 g/mol. The van der Waals surface area contributed by atoms with Crippen molar-refractivity contribution >= 4 is 17.4 Å². The van der Waals surface area contributed by atoms with Gasteiger partial charge in [0.05, 0.1) is 38.0 Å². The highest BCUT2D eigenvalue weighted by Crippen LogP contribution is 2.40. The quantitative estimate of drug-likeness (QED) is 0.212. The van der Waals surface area contributed by atoms with Gasteiger partial charge in [-0.2, -0.15) is 0 Å². The maximum absolute atomic E-state index is 13.3. The molecule has 198 valence electrons. The van der Waals surface area contributed by atoms with Crippen LogP contribution in [0.2, 0.25) is 0 Å². The van der Waals surface area contributed by atoms with Crippen molar-refractivity contribution in [1.82, 2.24) is 9.80 Å². The second kappa shape index (κ2) is 12.7. The molecule has 0 radical (unpaired) electrons. The van der Waals surface area contributed by atoms with Crippen LogP contribution in [0.25, 0.3) is 5.76 Å². The molecule has 1 atom stereocenters. The molecule has 37 heavy (non-hydrogen) atoms. The van der Waals surface area contributed by atoms with Crippen LogP contribution in [0.15, 0.2) is 54.1 Å². The van der Waals surface area contributed by atoms with Crippen LogP contribution in [0, 0.1) is 0 Å². The van der Waals surface area contributed by atoms with E-state index in [2.05, 4.69) is 11.8 Å². The van der Waals surface area contributed by atoms with Crippen molar-refractivity contribution in [2.75, 3.05) is 52.6 Å². The minimum Gasteiger partial charge on any atom is -0.507 e. The van der Waals surface area contributed by atoms with Crippen LogP contribution >= 0.6 is 0 Å². The molecule has 2 aromatic rings. The van der Waals surface area contributed by atoms with E-state index >= 15 is 0 Å². The van der Waals surface area contributed by atoms with Crippen molar-refractivity contribution in [2.45, 2.75) is 32.7 Å². The lowest BCUT2D eigenvalue weighted by molar-refractivity contribution is -0.140. The van der Waals surface area contributed by atoms with Crippen molar-refractivity contribution in [3.05, 3.63) is 65.2 Å². The molecule has 2 saturated heterocycles. The Kier molecular flexibility index (Phi) is 9.19. The van der Waals surface area contributed by atoms with Crippen LogP contribution < -0.4 is 9.47 Å². The fraction of sp³-hybridized carbons (Fsp3) is 0.448. The number of Topliss-reactive ketones (excluding diaryl/α,β-unsaturated/α-hetero) is 1. The lowest BCUT2D eigenvalue weighted by Crippen LogP contribution is -2.42. The first-order valence-corrected chi connectivity index (χ1v) is 13.1. The number of morpholine rings is 1. The molecular formula is C29H36N2O6. The van der Waals surface area contributed by atoms with Crippen LogP contribution in [0.1, 0.15) is 43.9 Å². The van der Waals surface area contributed by atoms with E-state index in [1.807, 2.05) is 31.2 Å². The lowest BCUT2D eigenvalue weighted by Gasteiger charge is -2.31. The molecule has 1 amide bonds. The fourth-order valence-electron chi connectivity index (χ4n) is 4.67. The maximum atomic E-state index is 13.3. The molecule has 2 heterocycles. The van der Waals surface area contributed by atoms with Gasteiger partial charge in [-0.3, -0.25) is 14.5 Å². The normalized spacial score (nSPS) is 19.8. The molecule has 2 aliphatic rings. The van der Waals surface area contributed by atoms with Gasteiger partial charge in [0.25, 0.3) is 11.7 Å². The van der Waals surface area contributed by atoms with E-state index in [4.69, 9.17) is 14.2 Å². The summed E-state index contributed by atoms with van der Waals surface area (Å²) in [6, 6.07) is 13.7. The number of carbonyl (C=O) groups is 2. The minimum atomic E-state index is -0.707. The van der Waals surface area contributed by atoms with E-state index in [1.54, 1.807) is 29.2 Å². The number of ether oxygens (including phenoxy) is 3. The summed E-state index contributed by atoms with van der Waals surface area (Å²) in [7, 11) is 0. The molecule has 4 rings (SSSR count). The van der Waals surface area contributed by atoms with Gasteiger partial charge >= 0.3 is 0 Å². The van der Waals surface area contributed by atoms with Crippen LogP contribution in [0.3, 0.4) is 0 Å². The van der Waals surface area contributed by atoms with Gasteiger partial charge in [-0.15, -0.1) is 0 Å². The first kappa shape index (κ1) is 26.7. The average molecular weight is 509 g/mol. The number of aliphatic hydroxyl groups excluding tert-OH is 1. The summed E-state index contributed by atoms with van der Waals surface area (Å²) >= 11 is 0. The van der Waals surface area contributed by atoms with Crippen molar-refractivity contribution in [3.8, 4) is 11.5 Å². The first-order valence-electron chi connectivity index (χ1n) is 13.1. The largest absolute Gasteiger partial charge is 0.507 e. The molecule has 0 aromatic heterocycles. The van der Waals surface area contributed by atoms with Crippen LogP contribution in [-0.4, -0.2) is 79.2 Å². The Bertz CT molecular complexity index is 1110. The fourth-order valence-corrected chi connectivity index (χ4v) is 4.67. The third-order valence-corrected chi connectivity index (χ3v) is 6.68.